The summed E-state index contributed by atoms with van der Waals surface area (Å²) in [7, 11) is 1.67. The van der Waals surface area contributed by atoms with Gasteiger partial charge in [-0.25, -0.2) is 9.78 Å². The minimum absolute atomic E-state index is 0.337. The summed E-state index contributed by atoms with van der Waals surface area (Å²) in [4.78, 5) is 16.4. The number of amides is 1. The highest BCUT2D eigenvalue weighted by atomic mass is 16.5. The molecule has 0 radical (unpaired) electrons. The monoisotopic (exact) mass is 464 g/mol. The molecule has 3 rings (SSSR count). The SMILES string of the molecule is COc1ccc(-c2cc(NCCCNCCCNC(=O)OCC(C)C)c3ccccc3n2)cc1. The first-order valence-corrected chi connectivity index (χ1v) is 12.0. The molecule has 0 bridgehead atoms. The van der Waals surface area contributed by atoms with Gasteiger partial charge in [-0.05, 0) is 68.2 Å². The largest absolute Gasteiger partial charge is 0.497 e. The van der Waals surface area contributed by atoms with E-state index in [9.17, 15) is 4.79 Å². The Morgan fingerprint density at radius 3 is 2.44 bits per heavy atom. The first kappa shape index (κ1) is 25.3. The lowest BCUT2D eigenvalue weighted by atomic mass is 10.1. The van der Waals surface area contributed by atoms with E-state index in [1.807, 2.05) is 56.3 Å². The Balaban J connectivity index is 1.44. The van der Waals surface area contributed by atoms with Gasteiger partial charge < -0.3 is 25.4 Å². The lowest BCUT2D eigenvalue weighted by Gasteiger charge is -2.13. The fraction of sp³-hybridized carbons (Fsp3) is 0.407. The number of benzene rings is 2. The van der Waals surface area contributed by atoms with Gasteiger partial charge in [0.25, 0.3) is 0 Å². The number of hydrogen-bond acceptors (Lipinski definition) is 6. The highest BCUT2D eigenvalue weighted by molar-refractivity contribution is 5.93. The van der Waals surface area contributed by atoms with Gasteiger partial charge in [0.2, 0.25) is 0 Å². The second-order valence-electron chi connectivity index (χ2n) is 8.60. The van der Waals surface area contributed by atoms with Crippen molar-refractivity contribution < 1.29 is 14.3 Å². The van der Waals surface area contributed by atoms with Crippen LogP contribution in [0.25, 0.3) is 22.2 Å². The average Bonchev–Trinajstić information content (AvgIpc) is 2.86. The summed E-state index contributed by atoms with van der Waals surface area (Å²) in [6.45, 7) is 7.70. The first-order valence-electron chi connectivity index (χ1n) is 12.0. The van der Waals surface area contributed by atoms with Crippen molar-refractivity contribution in [1.29, 1.82) is 0 Å². The second-order valence-corrected chi connectivity index (χ2v) is 8.60. The van der Waals surface area contributed by atoms with Crippen molar-refractivity contribution >= 4 is 22.7 Å². The summed E-state index contributed by atoms with van der Waals surface area (Å²) >= 11 is 0. The van der Waals surface area contributed by atoms with Crippen molar-refractivity contribution in [3.8, 4) is 17.0 Å². The topological polar surface area (TPSA) is 84.5 Å². The van der Waals surface area contributed by atoms with Gasteiger partial charge in [-0.2, -0.15) is 0 Å². The molecule has 0 atom stereocenters. The van der Waals surface area contributed by atoms with Gasteiger partial charge in [0.15, 0.2) is 0 Å². The zero-order chi connectivity index (χ0) is 24.2. The molecule has 7 heteroatoms. The van der Waals surface area contributed by atoms with Crippen molar-refractivity contribution in [2.24, 2.45) is 5.92 Å². The number of pyridine rings is 1. The van der Waals surface area contributed by atoms with Crippen LogP contribution in [0.2, 0.25) is 0 Å². The van der Waals surface area contributed by atoms with Crippen LogP contribution in [0.3, 0.4) is 0 Å². The number of hydrogen-bond donors (Lipinski definition) is 3. The number of aromatic nitrogens is 1. The minimum Gasteiger partial charge on any atom is -0.497 e. The van der Waals surface area contributed by atoms with Crippen molar-refractivity contribution in [2.75, 3.05) is 45.2 Å². The van der Waals surface area contributed by atoms with E-state index in [-0.39, 0.29) is 6.09 Å². The van der Waals surface area contributed by atoms with Crippen LogP contribution in [-0.4, -0.2) is 51.0 Å². The summed E-state index contributed by atoms with van der Waals surface area (Å²) in [6, 6.07) is 18.3. The van der Waals surface area contributed by atoms with Crippen LogP contribution in [0.4, 0.5) is 10.5 Å². The Morgan fingerprint density at radius 1 is 0.971 bits per heavy atom. The van der Waals surface area contributed by atoms with Gasteiger partial charge in [0.05, 0.1) is 24.9 Å². The van der Waals surface area contributed by atoms with Gasteiger partial charge in [0, 0.05) is 29.7 Å². The molecule has 0 aliphatic heterocycles. The van der Waals surface area contributed by atoms with E-state index in [1.165, 1.54) is 0 Å². The summed E-state index contributed by atoms with van der Waals surface area (Å²) in [5, 5.41) is 10.9. The van der Waals surface area contributed by atoms with Gasteiger partial charge in [-0.1, -0.05) is 32.0 Å². The molecule has 0 saturated heterocycles. The smallest absolute Gasteiger partial charge is 0.407 e. The first-order chi connectivity index (χ1) is 16.6. The Morgan fingerprint density at radius 2 is 1.71 bits per heavy atom. The van der Waals surface area contributed by atoms with E-state index in [1.54, 1.807) is 7.11 Å². The molecule has 0 spiro atoms. The molecule has 0 fully saturated rings. The molecule has 2 aromatic carbocycles. The number of nitrogens with one attached hydrogen (secondary N) is 3. The predicted molar refractivity (Wildman–Crippen MR) is 139 cm³/mol. The fourth-order valence-corrected chi connectivity index (χ4v) is 3.49. The molecule has 34 heavy (non-hydrogen) atoms. The third kappa shape index (κ3) is 7.92. The zero-order valence-corrected chi connectivity index (χ0v) is 20.4. The molecule has 0 saturated carbocycles. The average molecular weight is 465 g/mol. The van der Waals surface area contributed by atoms with Crippen LogP contribution in [0.1, 0.15) is 26.7 Å². The summed E-state index contributed by atoms with van der Waals surface area (Å²) in [5.74, 6) is 1.18. The molecule has 0 unspecified atom stereocenters. The third-order valence-corrected chi connectivity index (χ3v) is 5.30. The lowest BCUT2D eigenvalue weighted by molar-refractivity contribution is 0.133. The number of alkyl carbamates (subject to hydrolysis) is 1. The summed E-state index contributed by atoms with van der Waals surface area (Å²) in [6.07, 6.45) is 1.51. The Labute approximate surface area is 202 Å². The van der Waals surface area contributed by atoms with Crippen LogP contribution in [0, 0.1) is 5.92 Å². The minimum atomic E-state index is -0.337. The van der Waals surface area contributed by atoms with Crippen LogP contribution in [-0.2, 0) is 4.74 Å². The molecule has 1 aromatic heterocycles. The van der Waals surface area contributed by atoms with E-state index in [4.69, 9.17) is 14.5 Å². The Kier molecular flexibility index (Phi) is 9.98. The number of fused-ring (bicyclic) bond motifs is 1. The number of carbonyl (C=O) groups excluding carboxylic acids is 1. The zero-order valence-electron chi connectivity index (χ0n) is 20.4. The Bertz CT molecular complexity index is 1040. The number of ether oxygens (including phenoxy) is 2. The summed E-state index contributed by atoms with van der Waals surface area (Å²) in [5.41, 5.74) is 4.04. The highest BCUT2D eigenvalue weighted by Gasteiger charge is 2.08. The van der Waals surface area contributed by atoms with E-state index >= 15 is 0 Å². The molecule has 1 amide bonds. The maximum atomic E-state index is 11.5. The second kappa shape index (κ2) is 13.4. The lowest BCUT2D eigenvalue weighted by Crippen LogP contribution is -2.29. The molecular formula is C27H36N4O3. The van der Waals surface area contributed by atoms with Crippen LogP contribution in [0.15, 0.2) is 54.6 Å². The van der Waals surface area contributed by atoms with Crippen molar-refractivity contribution in [2.45, 2.75) is 26.7 Å². The van der Waals surface area contributed by atoms with Crippen molar-refractivity contribution in [1.82, 2.24) is 15.6 Å². The number of carbonyl (C=O) groups is 1. The predicted octanol–water partition coefficient (Wildman–Crippen LogP) is 5.07. The van der Waals surface area contributed by atoms with Gasteiger partial charge >= 0.3 is 6.09 Å². The van der Waals surface area contributed by atoms with E-state index in [0.717, 1.165) is 66.1 Å². The molecule has 3 aromatic rings. The third-order valence-electron chi connectivity index (χ3n) is 5.30. The Hall–Kier alpha value is -3.32. The number of rotatable bonds is 13. The van der Waals surface area contributed by atoms with Crippen LogP contribution in [0.5, 0.6) is 5.75 Å². The number of anilines is 1. The molecule has 0 aliphatic carbocycles. The normalized spacial score (nSPS) is 10.9. The molecule has 1 heterocycles. The van der Waals surface area contributed by atoms with E-state index < -0.39 is 0 Å². The molecule has 0 aliphatic rings. The number of nitrogens with zero attached hydrogens (tertiary/aromatic N) is 1. The van der Waals surface area contributed by atoms with Gasteiger partial charge in [0.1, 0.15) is 5.75 Å². The molecular weight excluding hydrogens is 428 g/mol. The molecule has 7 nitrogen and oxygen atoms in total. The molecule has 182 valence electrons. The van der Waals surface area contributed by atoms with Crippen molar-refractivity contribution in [3.63, 3.8) is 0 Å². The quantitative estimate of drug-likeness (QED) is 0.306. The van der Waals surface area contributed by atoms with Crippen LogP contribution < -0.4 is 20.7 Å². The summed E-state index contributed by atoms with van der Waals surface area (Å²) < 4.78 is 10.4. The standard InChI is InChI=1S/C27H36N4O3/c1-20(2)19-34-27(32)30-17-7-15-28-14-6-16-29-26-18-25(21-10-12-22(33-3)13-11-21)31-24-9-5-4-8-23(24)26/h4-5,8-13,18,20,28H,6-7,14-17,19H2,1-3H3,(H,29,31)(H,30,32). The maximum Gasteiger partial charge on any atom is 0.407 e. The van der Waals surface area contributed by atoms with Crippen LogP contribution >= 0.6 is 0 Å². The van der Waals surface area contributed by atoms with Gasteiger partial charge in [-0.3, -0.25) is 0 Å². The number of methoxy groups -OCH3 is 1. The van der Waals surface area contributed by atoms with Crippen molar-refractivity contribution in [3.05, 3.63) is 54.6 Å². The highest BCUT2D eigenvalue weighted by Crippen LogP contribution is 2.29. The number of para-hydroxylation sites is 1. The van der Waals surface area contributed by atoms with E-state index in [0.29, 0.717) is 19.1 Å². The molecule has 3 N–H and O–H groups in total. The van der Waals surface area contributed by atoms with E-state index in [2.05, 4.69) is 28.1 Å². The fourth-order valence-electron chi connectivity index (χ4n) is 3.49. The van der Waals surface area contributed by atoms with Gasteiger partial charge in [-0.15, -0.1) is 0 Å². The maximum absolute atomic E-state index is 11.5.